The molecule has 0 saturated heterocycles. The van der Waals surface area contributed by atoms with Crippen molar-refractivity contribution in [2.24, 2.45) is 0 Å². The molecule has 1 aromatic carbocycles. The van der Waals surface area contributed by atoms with Crippen molar-refractivity contribution in [2.75, 3.05) is 0 Å². The van der Waals surface area contributed by atoms with Gasteiger partial charge in [0, 0.05) is 6.20 Å². The zero-order chi connectivity index (χ0) is 12.8. The largest absolute Gasteiger partial charge is 0.422 e. The smallest absolute Gasteiger partial charge is 0.356 e. The first-order chi connectivity index (χ1) is 8.81. The van der Waals surface area contributed by atoms with Crippen LogP contribution in [0.4, 0.5) is 0 Å². The fraction of sp³-hybridized carbons (Fsp3) is 0. The Bertz CT molecular complexity index is 578. The first-order valence-corrected chi connectivity index (χ1v) is 5.32. The number of nitrogens with one attached hydrogen (secondary N) is 1. The van der Waals surface area contributed by atoms with Crippen molar-refractivity contribution in [3.8, 4) is 11.8 Å². The number of para-hydroxylation sites is 1. The average molecular weight is 238 g/mol. The monoisotopic (exact) mass is 238 g/mol. The minimum absolute atomic E-state index is 0.0561. The summed E-state index contributed by atoms with van der Waals surface area (Å²) in [6, 6.07) is 10.5. The van der Waals surface area contributed by atoms with Gasteiger partial charge >= 0.3 is 5.97 Å². The normalized spacial score (nSPS) is 15.5. The van der Waals surface area contributed by atoms with Crippen LogP contribution < -0.4 is 10.1 Å². The summed E-state index contributed by atoms with van der Waals surface area (Å²) in [5, 5.41) is 11.8. The zero-order valence-electron chi connectivity index (χ0n) is 9.46. The van der Waals surface area contributed by atoms with Crippen molar-refractivity contribution >= 4 is 5.97 Å². The molecule has 0 saturated carbocycles. The topological polar surface area (TPSA) is 62.1 Å². The molecule has 1 aliphatic heterocycles. The summed E-state index contributed by atoms with van der Waals surface area (Å²) in [6.45, 7) is 0. The van der Waals surface area contributed by atoms with Gasteiger partial charge in [0.05, 0.1) is 5.70 Å². The number of ether oxygens (including phenoxy) is 1. The molecule has 4 heteroatoms. The van der Waals surface area contributed by atoms with Gasteiger partial charge in [-0.15, -0.1) is 0 Å². The number of esters is 1. The van der Waals surface area contributed by atoms with Crippen LogP contribution in [0.1, 0.15) is 0 Å². The highest BCUT2D eigenvalue weighted by molar-refractivity contribution is 5.95. The van der Waals surface area contributed by atoms with Gasteiger partial charge < -0.3 is 10.1 Å². The van der Waals surface area contributed by atoms with E-state index in [1.807, 2.05) is 12.1 Å². The standard InChI is InChI=1S/C14H10N2O2/c15-10-12(13-8-4-5-9-16-13)14(17)18-11-6-2-1-3-7-11/h1-9,16H/b13-12-. The minimum Gasteiger partial charge on any atom is -0.422 e. The van der Waals surface area contributed by atoms with Crippen molar-refractivity contribution < 1.29 is 9.53 Å². The van der Waals surface area contributed by atoms with E-state index >= 15 is 0 Å². The molecular formula is C14H10N2O2. The van der Waals surface area contributed by atoms with E-state index < -0.39 is 5.97 Å². The second kappa shape index (κ2) is 5.51. The quantitative estimate of drug-likeness (QED) is 0.370. The Balaban J connectivity index is 2.20. The van der Waals surface area contributed by atoms with Crippen LogP contribution in [-0.4, -0.2) is 5.97 Å². The SMILES string of the molecule is N#C/C(C(=O)Oc1ccccc1)=C1\C=CC=CN1. The number of rotatable bonds is 2. The number of nitrogens with zero attached hydrogens (tertiary/aromatic N) is 1. The average Bonchev–Trinajstić information content (AvgIpc) is 2.42. The molecular weight excluding hydrogens is 228 g/mol. The van der Waals surface area contributed by atoms with Crippen molar-refractivity contribution in [1.29, 1.82) is 5.26 Å². The van der Waals surface area contributed by atoms with Crippen LogP contribution in [-0.2, 0) is 4.79 Å². The molecule has 0 bridgehead atoms. The predicted octanol–water partition coefficient (Wildman–Crippen LogP) is 2.04. The maximum absolute atomic E-state index is 11.8. The van der Waals surface area contributed by atoms with E-state index in [0.29, 0.717) is 11.4 Å². The third kappa shape index (κ3) is 2.66. The van der Waals surface area contributed by atoms with Crippen LogP contribution in [0.25, 0.3) is 0 Å². The maximum Gasteiger partial charge on any atom is 0.356 e. The van der Waals surface area contributed by atoms with Crippen molar-refractivity contribution in [3.05, 3.63) is 66.0 Å². The fourth-order valence-corrected chi connectivity index (χ4v) is 1.41. The van der Waals surface area contributed by atoms with E-state index in [1.54, 1.807) is 48.7 Å². The van der Waals surface area contributed by atoms with E-state index in [-0.39, 0.29) is 5.57 Å². The predicted molar refractivity (Wildman–Crippen MR) is 66.1 cm³/mol. The fourth-order valence-electron chi connectivity index (χ4n) is 1.41. The molecule has 2 rings (SSSR count). The molecule has 0 amide bonds. The van der Waals surface area contributed by atoms with Gasteiger partial charge in [-0.2, -0.15) is 5.26 Å². The molecule has 1 aromatic rings. The van der Waals surface area contributed by atoms with Gasteiger partial charge in [-0.05, 0) is 24.3 Å². The molecule has 0 aliphatic carbocycles. The summed E-state index contributed by atoms with van der Waals surface area (Å²) in [7, 11) is 0. The number of dihydropyridines is 1. The Kier molecular flexibility index (Phi) is 3.57. The Morgan fingerprint density at radius 2 is 2.00 bits per heavy atom. The number of hydrogen-bond acceptors (Lipinski definition) is 4. The molecule has 0 aromatic heterocycles. The summed E-state index contributed by atoms with van der Waals surface area (Å²) in [4.78, 5) is 11.8. The molecule has 1 aliphatic rings. The molecule has 0 spiro atoms. The lowest BCUT2D eigenvalue weighted by atomic mass is 10.2. The first kappa shape index (κ1) is 11.7. The zero-order valence-corrected chi connectivity index (χ0v) is 9.46. The Morgan fingerprint density at radius 1 is 1.22 bits per heavy atom. The second-order valence-corrected chi connectivity index (χ2v) is 3.47. The summed E-state index contributed by atoms with van der Waals surface area (Å²) < 4.78 is 5.10. The molecule has 0 unspecified atom stereocenters. The van der Waals surface area contributed by atoms with Gasteiger partial charge in [-0.3, -0.25) is 0 Å². The van der Waals surface area contributed by atoms with Crippen LogP contribution in [0.5, 0.6) is 5.75 Å². The van der Waals surface area contributed by atoms with Gasteiger partial charge in [0.2, 0.25) is 0 Å². The van der Waals surface area contributed by atoms with Crippen LogP contribution >= 0.6 is 0 Å². The van der Waals surface area contributed by atoms with Gasteiger partial charge in [0.1, 0.15) is 11.8 Å². The number of allylic oxidation sites excluding steroid dienone is 3. The van der Waals surface area contributed by atoms with Gasteiger partial charge in [-0.1, -0.05) is 24.3 Å². The van der Waals surface area contributed by atoms with Crippen LogP contribution in [0, 0.1) is 11.3 Å². The van der Waals surface area contributed by atoms with E-state index in [0.717, 1.165) is 0 Å². The van der Waals surface area contributed by atoms with Gasteiger partial charge in [0.15, 0.2) is 5.57 Å². The first-order valence-electron chi connectivity index (χ1n) is 5.32. The number of carbonyl (C=O) groups excluding carboxylic acids is 1. The lowest BCUT2D eigenvalue weighted by Crippen LogP contribution is -2.17. The van der Waals surface area contributed by atoms with E-state index in [4.69, 9.17) is 10.00 Å². The Labute approximate surface area is 104 Å². The molecule has 1 heterocycles. The molecule has 4 nitrogen and oxygen atoms in total. The van der Waals surface area contributed by atoms with Crippen molar-refractivity contribution in [2.45, 2.75) is 0 Å². The van der Waals surface area contributed by atoms with Crippen molar-refractivity contribution in [3.63, 3.8) is 0 Å². The highest BCUT2D eigenvalue weighted by atomic mass is 16.5. The molecule has 88 valence electrons. The number of carbonyl (C=O) groups is 1. The summed E-state index contributed by atoms with van der Waals surface area (Å²) in [5.41, 5.74) is 0.375. The third-order valence-electron chi connectivity index (χ3n) is 2.25. The Morgan fingerprint density at radius 3 is 2.61 bits per heavy atom. The molecule has 1 N–H and O–H groups in total. The van der Waals surface area contributed by atoms with Gasteiger partial charge in [-0.25, -0.2) is 4.79 Å². The lowest BCUT2D eigenvalue weighted by molar-refractivity contribution is -0.129. The summed E-state index contributed by atoms with van der Waals surface area (Å²) >= 11 is 0. The third-order valence-corrected chi connectivity index (χ3v) is 2.25. The van der Waals surface area contributed by atoms with E-state index in [1.165, 1.54) is 0 Å². The minimum atomic E-state index is -0.675. The number of nitriles is 1. The maximum atomic E-state index is 11.8. The highest BCUT2D eigenvalue weighted by Gasteiger charge is 2.16. The lowest BCUT2D eigenvalue weighted by Gasteiger charge is -2.08. The van der Waals surface area contributed by atoms with Crippen LogP contribution in [0.2, 0.25) is 0 Å². The Hall–Kier alpha value is -2.80. The molecule has 0 atom stereocenters. The van der Waals surface area contributed by atoms with Gasteiger partial charge in [0.25, 0.3) is 0 Å². The molecule has 18 heavy (non-hydrogen) atoms. The molecule has 0 radical (unpaired) electrons. The van der Waals surface area contributed by atoms with Crippen molar-refractivity contribution in [1.82, 2.24) is 5.32 Å². The van der Waals surface area contributed by atoms with Crippen LogP contribution in [0.3, 0.4) is 0 Å². The number of benzene rings is 1. The highest BCUT2D eigenvalue weighted by Crippen LogP contribution is 2.13. The number of hydrogen-bond donors (Lipinski definition) is 1. The van der Waals surface area contributed by atoms with E-state index in [9.17, 15) is 4.79 Å². The molecule has 0 fully saturated rings. The second-order valence-electron chi connectivity index (χ2n) is 3.47. The van der Waals surface area contributed by atoms with Crippen LogP contribution in [0.15, 0.2) is 66.0 Å². The summed E-state index contributed by atoms with van der Waals surface area (Å²) in [5.74, 6) is -0.266. The summed E-state index contributed by atoms with van der Waals surface area (Å²) in [6.07, 6.45) is 6.78. The van der Waals surface area contributed by atoms with E-state index in [2.05, 4.69) is 5.32 Å².